The fourth-order valence-electron chi connectivity index (χ4n) is 4.42. The van der Waals surface area contributed by atoms with Gasteiger partial charge in [-0.2, -0.15) is 0 Å². The fourth-order valence-corrected chi connectivity index (χ4v) is 4.42. The number of hydrogen-bond donors (Lipinski definition) is 3. The van der Waals surface area contributed by atoms with Gasteiger partial charge in [0.2, 0.25) is 5.91 Å². The maximum atomic E-state index is 13.3. The second-order valence-electron chi connectivity index (χ2n) is 10.00. The van der Waals surface area contributed by atoms with Crippen molar-refractivity contribution in [1.82, 2.24) is 10.2 Å². The number of likely N-dealkylation sites (tertiary alicyclic amines) is 1. The van der Waals surface area contributed by atoms with Crippen LogP contribution in [0.3, 0.4) is 0 Å². The third-order valence-electron chi connectivity index (χ3n) is 6.61. The van der Waals surface area contributed by atoms with E-state index in [4.69, 9.17) is 29.3 Å². The van der Waals surface area contributed by atoms with E-state index in [1.807, 2.05) is 18.2 Å². The number of piperidine rings is 1. The summed E-state index contributed by atoms with van der Waals surface area (Å²) in [4.78, 5) is 45.0. The third-order valence-corrected chi connectivity index (χ3v) is 6.61. The Kier molecular flexibility index (Phi) is 13.7. The summed E-state index contributed by atoms with van der Waals surface area (Å²) in [6, 6.07) is 14.0. The molecule has 3 N–H and O–H groups in total. The summed E-state index contributed by atoms with van der Waals surface area (Å²) in [6.45, 7) is 8.80. The van der Waals surface area contributed by atoms with Gasteiger partial charge < -0.3 is 29.9 Å². The number of nitrogens with zero attached hydrogens (tertiary/aromatic N) is 1. The van der Waals surface area contributed by atoms with Crippen molar-refractivity contribution in [1.29, 1.82) is 0 Å². The number of benzene rings is 2. The summed E-state index contributed by atoms with van der Waals surface area (Å²) in [7, 11) is 0. The Labute approximate surface area is 239 Å². The maximum Gasteiger partial charge on any atom is 0.414 e. The average molecular weight is 575 g/mol. The van der Waals surface area contributed by atoms with Crippen LogP contribution in [0.2, 0.25) is 0 Å². The fraction of sp³-hybridized carbons (Fsp3) is 0.467. The molecule has 10 nitrogen and oxygen atoms in total. The second-order valence-corrected chi connectivity index (χ2v) is 10.00. The van der Waals surface area contributed by atoms with E-state index in [2.05, 4.69) is 30.1 Å². The van der Waals surface area contributed by atoms with Crippen molar-refractivity contribution in [2.45, 2.75) is 46.1 Å². The van der Waals surface area contributed by atoms with Crippen LogP contribution in [0.15, 0.2) is 48.5 Å². The number of ether oxygens (including phenoxy) is 2. The lowest BCUT2D eigenvalue weighted by atomic mass is 9.92. The highest BCUT2D eigenvalue weighted by Gasteiger charge is 2.27. The van der Waals surface area contributed by atoms with E-state index in [-0.39, 0.29) is 42.2 Å². The van der Waals surface area contributed by atoms with Crippen molar-refractivity contribution < 1.29 is 43.3 Å². The monoisotopic (exact) mass is 574 g/mol. The molecule has 41 heavy (non-hydrogen) atoms. The first-order valence-electron chi connectivity index (χ1n) is 13.6. The average Bonchev–Trinajstić information content (AvgIpc) is 2.95. The van der Waals surface area contributed by atoms with Crippen LogP contribution in [0.25, 0.3) is 0 Å². The largest absolute Gasteiger partial charge is 0.482 e. The van der Waals surface area contributed by atoms with Crippen molar-refractivity contribution in [3.8, 4) is 5.75 Å². The number of halogens is 1. The molecular formula is C30H39FN2O8. The van der Waals surface area contributed by atoms with E-state index in [0.717, 1.165) is 50.0 Å². The van der Waals surface area contributed by atoms with E-state index < -0.39 is 11.9 Å². The number of esters is 1. The third kappa shape index (κ3) is 12.0. The summed E-state index contributed by atoms with van der Waals surface area (Å²) >= 11 is 0. The van der Waals surface area contributed by atoms with Crippen molar-refractivity contribution >= 4 is 23.8 Å². The van der Waals surface area contributed by atoms with E-state index in [1.54, 1.807) is 19.1 Å². The number of nitrogens with one attached hydrogen (secondary N) is 1. The summed E-state index contributed by atoms with van der Waals surface area (Å²) in [5.41, 5.74) is 2.07. The quantitative estimate of drug-likeness (QED) is 0.270. The van der Waals surface area contributed by atoms with Crippen LogP contribution in [-0.2, 0) is 30.3 Å². The zero-order valence-corrected chi connectivity index (χ0v) is 23.7. The molecule has 0 aliphatic carbocycles. The zero-order valence-electron chi connectivity index (χ0n) is 23.7. The molecular weight excluding hydrogens is 535 g/mol. The first kappa shape index (κ1) is 33.2. The molecule has 2 aromatic rings. The zero-order chi connectivity index (χ0) is 30.4. The highest BCUT2D eigenvalue weighted by atomic mass is 19.1. The lowest BCUT2D eigenvalue weighted by Gasteiger charge is -2.33. The standard InChI is InChI=1S/C28H37FN2O4.C2H2O4/c1-4-34-26(32)19-35-25-7-5-6-21(18-25)12-15-31-16-13-23(14-17-31)28(33)30-27(20(2)3)22-8-10-24(29)11-9-22;3-1(4)2(5)6/h5-11,18,20,23,27H,4,12-17,19H2,1-3H3,(H,30,33);(H,3,4)(H,5,6)/t27-;/m1./s1. The lowest BCUT2D eigenvalue weighted by molar-refractivity contribution is -0.159. The molecule has 1 atom stereocenters. The molecule has 3 rings (SSSR count). The van der Waals surface area contributed by atoms with Gasteiger partial charge in [0.1, 0.15) is 11.6 Å². The van der Waals surface area contributed by atoms with Crippen LogP contribution in [0, 0.1) is 17.7 Å². The van der Waals surface area contributed by atoms with Gasteiger partial charge in [0.15, 0.2) is 6.61 Å². The molecule has 2 aromatic carbocycles. The van der Waals surface area contributed by atoms with E-state index in [9.17, 15) is 14.0 Å². The number of hydrogen-bond acceptors (Lipinski definition) is 7. The first-order valence-corrected chi connectivity index (χ1v) is 13.6. The van der Waals surface area contributed by atoms with Gasteiger partial charge in [0.05, 0.1) is 12.6 Å². The Hall–Kier alpha value is -3.99. The maximum absolute atomic E-state index is 13.3. The molecule has 0 bridgehead atoms. The van der Waals surface area contributed by atoms with Crippen molar-refractivity contribution in [3.05, 3.63) is 65.5 Å². The summed E-state index contributed by atoms with van der Waals surface area (Å²) < 4.78 is 23.7. The topological polar surface area (TPSA) is 142 Å². The highest BCUT2D eigenvalue weighted by molar-refractivity contribution is 6.27. The summed E-state index contributed by atoms with van der Waals surface area (Å²) in [6.07, 6.45) is 2.51. The summed E-state index contributed by atoms with van der Waals surface area (Å²) in [5.74, 6) is -3.35. The highest BCUT2D eigenvalue weighted by Crippen LogP contribution is 2.25. The lowest BCUT2D eigenvalue weighted by Crippen LogP contribution is -2.42. The number of amides is 1. The van der Waals surface area contributed by atoms with Gasteiger partial charge >= 0.3 is 17.9 Å². The molecule has 1 aliphatic rings. The van der Waals surface area contributed by atoms with Crippen LogP contribution < -0.4 is 10.1 Å². The van der Waals surface area contributed by atoms with Gasteiger partial charge in [-0.05, 0) is 80.6 Å². The van der Waals surface area contributed by atoms with E-state index in [0.29, 0.717) is 12.4 Å². The minimum atomic E-state index is -1.82. The molecule has 1 heterocycles. The number of carboxylic acids is 2. The Bertz CT molecular complexity index is 1140. The molecule has 1 saturated heterocycles. The normalized spacial score (nSPS) is 14.4. The minimum absolute atomic E-state index is 0.00690. The number of aliphatic carboxylic acids is 2. The molecule has 1 amide bonds. The Morgan fingerprint density at radius 1 is 1.02 bits per heavy atom. The molecule has 224 valence electrons. The Balaban J connectivity index is 0.000000883. The summed E-state index contributed by atoms with van der Waals surface area (Å²) in [5, 5.41) is 18.0. The number of carbonyl (C=O) groups excluding carboxylic acids is 2. The van der Waals surface area contributed by atoms with Crippen LogP contribution >= 0.6 is 0 Å². The SMILES string of the molecule is CCOC(=O)COc1cccc(CCN2CCC(C(=O)N[C@@H](c3ccc(F)cc3)C(C)C)CC2)c1.O=C(O)C(=O)O. The van der Waals surface area contributed by atoms with E-state index >= 15 is 0 Å². The molecule has 0 saturated carbocycles. The van der Waals surface area contributed by atoms with Crippen LogP contribution in [-0.4, -0.2) is 71.8 Å². The molecule has 0 aromatic heterocycles. The van der Waals surface area contributed by atoms with Crippen molar-refractivity contribution in [2.24, 2.45) is 11.8 Å². The molecule has 0 radical (unpaired) electrons. The van der Waals surface area contributed by atoms with Gasteiger partial charge in [0.25, 0.3) is 0 Å². The smallest absolute Gasteiger partial charge is 0.414 e. The molecule has 0 unspecified atom stereocenters. The van der Waals surface area contributed by atoms with Crippen LogP contribution in [0.4, 0.5) is 4.39 Å². The van der Waals surface area contributed by atoms with E-state index in [1.165, 1.54) is 12.1 Å². The van der Waals surface area contributed by atoms with Crippen LogP contribution in [0.5, 0.6) is 5.75 Å². The van der Waals surface area contributed by atoms with Gasteiger partial charge in [-0.1, -0.05) is 38.1 Å². The number of carboxylic acid groups (broad SMARTS) is 2. The Morgan fingerprint density at radius 2 is 1.66 bits per heavy atom. The predicted molar refractivity (Wildman–Crippen MR) is 149 cm³/mol. The van der Waals surface area contributed by atoms with Gasteiger partial charge in [0, 0.05) is 12.5 Å². The van der Waals surface area contributed by atoms with Crippen molar-refractivity contribution in [2.75, 3.05) is 32.8 Å². The van der Waals surface area contributed by atoms with Gasteiger partial charge in [-0.15, -0.1) is 0 Å². The first-order chi connectivity index (χ1) is 19.5. The number of rotatable bonds is 11. The molecule has 1 aliphatic heterocycles. The van der Waals surface area contributed by atoms with Crippen LogP contribution in [0.1, 0.15) is 50.8 Å². The van der Waals surface area contributed by atoms with Gasteiger partial charge in [-0.3, -0.25) is 4.79 Å². The molecule has 11 heteroatoms. The minimum Gasteiger partial charge on any atom is -0.482 e. The van der Waals surface area contributed by atoms with Crippen molar-refractivity contribution in [3.63, 3.8) is 0 Å². The van der Waals surface area contributed by atoms with Gasteiger partial charge in [-0.25, -0.2) is 18.8 Å². The molecule has 0 spiro atoms. The predicted octanol–water partition coefficient (Wildman–Crippen LogP) is 3.69. The molecule has 1 fully saturated rings. The second kappa shape index (κ2) is 17.0. The Morgan fingerprint density at radius 3 is 2.22 bits per heavy atom. The number of carbonyl (C=O) groups is 4.